The molecule has 0 amide bonds. The summed E-state index contributed by atoms with van der Waals surface area (Å²) < 4.78 is 10.4. The van der Waals surface area contributed by atoms with E-state index in [1.54, 1.807) is 18.9 Å². The summed E-state index contributed by atoms with van der Waals surface area (Å²) in [7, 11) is 1.67. The molecule has 0 saturated carbocycles. The Morgan fingerprint density at radius 1 is 1.40 bits per heavy atom. The number of nitrogens with two attached hydrogens (primary N) is 1. The third-order valence-corrected chi connectivity index (χ3v) is 3.84. The highest BCUT2D eigenvalue weighted by Gasteiger charge is 2.38. The van der Waals surface area contributed by atoms with Crippen LogP contribution in [0.4, 0.5) is 0 Å². The number of thioether (sulfide) groups is 1. The van der Waals surface area contributed by atoms with Crippen LogP contribution in [0.5, 0.6) is 5.75 Å². The first kappa shape index (κ1) is 10.8. The van der Waals surface area contributed by atoms with E-state index < -0.39 is 0 Å². The molecule has 0 bridgehead atoms. The van der Waals surface area contributed by atoms with E-state index in [0.717, 1.165) is 19.0 Å². The lowest BCUT2D eigenvalue weighted by atomic mass is 10.1. The van der Waals surface area contributed by atoms with Crippen LogP contribution in [0.3, 0.4) is 0 Å². The van der Waals surface area contributed by atoms with Crippen LogP contribution < -0.4 is 10.5 Å². The van der Waals surface area contributed by atoms with E-state index in [9.17, 15) is 0 Å². The zero-order valence-electron chi connectivity index (χ0n) is 8.73. The number of benzene rings is 1. The van der Waals surface area contributed by atoms with Gasteiger partial charge in [0, 0.05) is 11.4 Å². The van der Waals surface area contributed by atoms with Gasteiger partial charge in [-0.3, -0.25) is 0 Å². The summed E-state index contributed by atoms with van der Waals surface area (Å²) in [5, 5.41) is 0. The number of hydrogen-bond donors (Lipinski definition) is 1. The van der Waals surface area contributed by atoms with Gasteiger partial charge in [-0.25, -0.2) is 0 Å². The fourth-order valence-electron chi connectivity index (χ4n) is 1.44. The van der Waals surface area contributed by atoms with Crippen LogP contribution in [-0.2, 0) is 4.74 Å². The molecule has 1 aliphatic heterocycles. The average molecular weight is 225 g/mol. The first-order valence-corrected chi connectivity index (χ1v) is 5.70. The number of ether oxygens (including phenoxy) is 2. The lowest BCUT2D eigenvalue weighted by molar-refractivity contribution is -0.00434. The van der Waals surface area contributed by atoms with E-state index in [2.05, 4.69) is 12.1 Å². The van der Waals surface area contributed by atoms with Gasteiger partial charge in [-0.05, 0) is 24.3 Å². The Morgan fingerprint density at radius 2 is 2.07 bits per heavy atom. The third kappa shape index (κ3) is 2.27. The average Bonchev–Trinajstić information content (AvgIpc) is 2.24. The Balaban J connectivity index is 2.03. The minimum absolute atomic E-state index is 0.0919. The molecule has 0 aromatic heterocycles. The Bertz CT molecular complexity index is 316. The van der Waals surface area contributed by atoms with E-state index in [0.29, 0.717) is 6.54 Å². The second-order valence-corrected chi connectivity index (χ2v) is 5.20. The molecule has 1 aromatic rings. The maximum atomic E-state index is 5.75. The van der Waals surface area contributed by atoms with E-state index in [4.69, 9.17) is 15.2 Å². The molecule has 0 atom stereocenters. The second kappa shape index (κ2) is 4.43. The van der Waals surface area contributed by atoms with Crippen molar-refractivity contribution in [1.82, 2.24) is 0 Å². The standard InChI is InChI=1S/C11H15NO2S/c1-13-9-2-4-10(5-3-9)15-11(6-12)7-14-8-11/h2-5H,6-8,12H2,1H3. The molecule has 1 aliphatic rings. The molecule has 15 heavy (non-hydrogen) atoms. The van der Waals surface area contributed by atoms with Crippen molar-refractivity contribution in [1.29, 1.82) is 0 Å². The molecular weight excluding hydrogens is 210 g/mol. The van der Waals surface area contributed by atoms with Crippen molar-refractivity contribution in [3.8, 4) is 5.75 Å². The fourth-order valence-corrected chi connectivity index (χ4v) is 2.58. The van der Waals surface area contributed by atoms with Gasteiger partial charge < -0.3 is 15.2 Å². The van der Waals surface area contributed by atoms with Crippen LogP contribution in [0.2, 0.25) is 0 Å². The van der Waals surface area contributed by atoms with Gasteiger partial charge >= 0.3 is 0 Å². The van der Waals surface area contributed by atoms with Gasteiger partial charge in [0.1, 0.15) is 5.75 Å². The Hall–Kier alpha value is -0.710. The zero-order chi connectivity index (χ0) is 10.7. The summed E-state index contributed by atoms with van der Waals surface area (Å²) in [5.41, 5.74) is 5.75. The SMILES string of the molecule is COc1ccc(SC2(CN)COC2)cc1. The molecule has 1 aromatic carbocycles. The van der Waals surface area contributed by atoms with Crippen LogP contribution >= 0.6 is 11.8 Å². The Labute approximate surface area is 93.9 Å². The molecular formula is C11H15NO2S. The monoisotopic (exact) mass is 225 g/mol. The molecule has 4 heteroatoms. The largest absolute Gasteiger partial charge is 0.497 e. The van der Waals surface area contributed by atoms with Gasteiger partial charge in [-0.1, -0.05) is 0 Å². The van der Waals surface area contributed by atoms with E-state index >= 15 is 0 Å². The molecule has 1 heterocycles. The van der Waals surface area contributed by atoms with E-state index in [1.807, 2.05) is 12.1 Å². The Kier molecular flexibility index (Phi) is 3.19. The van der Waals surface area contributed by atoms with Crippen molar-refractivity contribution >= 4 is 11.8 Å². The van der Waals surface area contributed by atoms with Crippen LogP contribution in [0, 0.1) is 0 Å². The Morgan fingerprint density at radius 3 is 2.47 bits per heavy atom. The van der Waals surface area contributed by atoms with Crippen LogP contribution in [0.15, 0.2) is 29.2 Å². The molecule has 3 nitrogen and oxygen atoms in total. The molecule has 82 valence electrons. The quantitative estimate of drug-likeness (QED) is 0.843. The fraction of sp³-hybridized carbons (Fsp3) is 0.455. The zero-order valence-corrected chi connectivity index (χ0v) is 9.55. The number of hydrogen-bond acceptors (Lipinski definition) is 4. The minimum Gasteiger partial charge on any atom is -0.497 e. The smallest absolute Gasteiger partial charge is 0.118 e. The number of methoxy groups -OCH3 is 1. The predicted molar refractivity (Wildman–Crippen MR) is 61.5 cm³/mol. The maximum Gasteiger partial charge on any atom is 0.118 e. The first-order chi connectivity index (χ1) is 7.28. The minimum atomic E-state index is 0.0919. The van der Waals surface area contributed by atoms with Crippen molar-refractivity contribution in [2.45, 2.75) is 9.64 Å². The third-order valence-electron chi connectivity index (χ3n) is 2.50. The summed E-state index contributed by atoms with van der Waals surface area (Å²) in [6, 6.07) is 8.04. The second-order valence-electron chi connectivity index (χ2n) is 3.66. The van der Waals surface area contributed by atoms with Gasteiger partial charge in [0.15, 0.2) is 0 Å². The molecule has 2 N–H and O–H groups in total. The van der Waals surface area contributed by atoms with Gasteiger partial charge in [0.05, 0.1) is 25.1 Å². The summed E-state index contributed by atoms with van der Waals surface area (Å²) in [4.78, 5) is 1.21. The number of rotatable bonds is 4. The van der Waals surface area contributed by atoms with Crippen molar-refractivity contribution in [3.05, 3.63) is 24.3 Å². The summed E-state index contributed by atoms with van der Waals surface area (Å²) in [5.74, 6) is 0.881. The molecule has 1 saturated heterocycles. The van der Waals surface area contributed by atoms with Crippen LogP contribution in [0.1, 0.15) is 0 Å². The highest BCUT2D eigenvalue weighted by Crippen LogP contribution is 2.38. The summed E-state index contributed by atoms with van der Waals surface area (Å²) in [6.45, 7) is 2.16. The maximum absolute atomic E-state index is 5.75. The van der Waals surface area contributed by atoms with Gasteiger partial charge in [-0.2, -0.15) is 0 Å². The molecule has 2 rings (SSSR count). The normalized spacial score (nSPS) is 18.3. The van der Waals surface area contributed by atoms with Gasteiger partial charge in [0.25, 0.3) is 0 Å². The summed E-state index contributed by atoms with van der Waals surface area (Å²) in [6.07, 6.45) is 0. The highest BCUT2D eigenvalue weighted by molar-refractivity contribution is 8.00. The molecule has 0 unspecified atom stereocenters. The first-order valence-electron chi connectivity index (χ1n) is 4.89. The van der Waals surface area contributed by atoms with Gasteiger partial charge in [-0.15, -0.1) is 11.8 Å². The van der Waals surface area contributed by atoms with Gasteiger partial charge in [0.2, 0.25) is 0 Å². The highest BCUT2D eigenvalue weighted by atomic mass is 32.2. The predicted octanol–water partition coefficient (Wildman–Crippen LogP) is 1.51. The van der Waals surface area contributed by atoms with Crippen molar-refractivity contribution in [3.63, 3.8) is 0 Å². The van der Waals surface area contributed by atoms with Crippen molar-refractivity contribution in [2.24, 2.45) is 5.73 Å². The molecule has 0 radical (unpaired) electrons. The van der Waals surface area contributed by atoms with Crippen molar-refractivity contribution in [2.75, 3.05) is 26.9 Å². The van der Waals surface area contributed by atoms with E-state index in [1.165, 1.54) is 4.90 Å². The van der Waals surface area contributed by atoms with Crippen molar-refractivity contribution < 1.29 is 9.47 Å². The van der Waals surface area contributed by atoms with Crippen LogP contribution in [-0.4, -0.2) is 31.6 Å². The lowest BCUT2D eigenvalue weighted by Crippen LogP contribution is -2.52. The summed E-state index contributed by atoms with van der Waals surface area (Å²) >= 11 is 1.79. The molecule has 1 fully saturated rings. The molecule has 0 spiro atoms. The van der Waals surface area contributed by atoms with Crippen LogP contribution in [0.25, 0.3) is 0 Å². The molecule has 0 aliphatic carbocycles. The lowest BCUT2D eigenvalue weighted by Gasteiger charge is -2.39. The topological polar surface area (TPSA) is 44.5 Å². The van der Waals surface area contributed by atoms with E-state index in [-0.39, 0.29) is 4.75 Å².